The van der Waals surface area contributed by atoms with Crippen LogP contribution in [-0.4, -0.2) is 21.1 Å². The van der Waals surface area contributed by atoms with E-state index in [1.807, 2.05) is 25.1 Å². The number of rotatable bonds is 6. The minimum atomic E-state index is -3.82. The lowest BCUT2D eigenvalue weighted by molar-refractivity contribution is 0.0950. The first-order valence-corrected chi connectivity index (χ1v) is 10.8. The van der Waals surface area contributed by atoms with Crippen molar-refractivity contribution in [1.29, 1.82) is 0 Å². The number of hydrogen-bond acceptors (Lipinski definition) is 5. The molecule has 154 valence electrons. The number of nitrogens with one attached hydrogen (secondary N) is 2. The van der Waals surface area contributed by atoms with Crippen molar-refractivity contribution in [3.63, 3.8) is 0 Å². The van der Waals surface area contributed by atoms with Crippen LogP contribution in [0.1, 0.15) is 21.5 Å². The summed E-state index contributed by atoms with van der Waals surface area (Å²) in [5.74, 6) is 0.932. The molecule has 0 radical (unpaired) electrons. The van der Waals surface area contributed by atoms with Gasteiger partial charge in [-0.3, -0.25) is 9.52 Å². The lowest BCUT2D eigenvalue weighted by atomic mass is 10.2. The third-order valence-corrected chi connectivity index (χ3v) is 5.98. The molecule has 2 N–H and O–H groups in total. The fourth-order valence-corrected chi connectivity index (χ4v) is 4.08. The molecule has 0 bridgehead atoms. The van der Waals surface area contributed by atoms with Gasteiger partial charge in [-0.1, -0.05) is 29.8 Å². The number of hydrogen-bond donors (Lipinski definition) is 2. The first-order valence-electron chi connectivity index (χ1n) is 9.27. The fourth-order valence-electron chi connectivity index (χ4n) is 2.98. The van der Waals surface area contributed by atoms with Gasteiger partial charge in [0.15, 0.2) is 11.5 Å². The second-order valence-corrected chi connectivity index (χ2v) is 8.55. The molecule has 8 heteroatoms. The van der Waals surface area contributed by atoms with Gasteiger partial charge in [0.05, 0.1) is 4.90 Å². The third-order valence-electron chi connectivity index (χ3n) is 4.60. The molecule has 1 aliphatic rings. The average molecular weight is 424 g/mol. The maximum Gasteiger partial charge on any atom is 0.261 e. The second-order valence-electron chi connectivity index (χ2n) is 6.87. The summed E-state index contributed by atoms with van der Waals surface area (Å²) in [4.78, 5) is 12.6. The summed E-state index contributed by atoms with van der Waals surface area (Å²) < 4.78 is 38.5. The van der Waals surface area contributed by atoms with E-state index in [1.54, 1.807) is 36.4 Å². The average Bonchev–Trinajstić information content (AvgIpc) is 3.21. The Kier molecular flexibility index (Phi) is 5.33. The maximum atomic E-state index is 12.7. The fraction of sp³-hybridized carbons (Fsp3) is 0.136. The molecule has 30 heavy (non-hydrogen) atoms. The number of amides is 1. The number of carbonyl (C=O) groups is 1. The SMILES string of the molecule is Cc1ccc(NS(=O)(=O)c2cccc(C(=O)NCc3ccc4c(c3)OCO4)c2)cc1. The Bertz CT molecular complexity index is 1190. The van der Waals surface area contributed by atoms with Gasteiger partial charge < -0.3 is 14.8 Å². The molecule has 7 nitrogen and oxygen atoms in total. The topological polar surface area (TPSA) is 93.7 Å². The van der Waals surface area contributed by atoms with Crippen LogP contribution in [0.3, 0.4) is 0 Å². The summed E-state index contributed by atoms with van der Waals surface area (Å²) in [7, 11) is -3.82. The van der Waals surface area contributed by atoms with Crippen LogP contribution in [0.4, 0.5) is 5.69 Å². The van der Waals surface area contributed by atoms with Crippen molar-refractivity contribution in [3.05, 3.63) is 83.4 Å². The van der Waals surface area contributed by atoms with Gasteiger partial charge in [0.1, 0.15) is 0 Å². The van der Waals surface area contributed by atoms with Crippen molar-refractivity contribution in [3.8, 4) is 11.5 Å². The van der Waals surface area contributed by atoms with E-state index < -0.39 is 10.0 Å². The van der Waals surface area contributed by atoms with Gasteiger partial charge >= 0.3 is 0 Å². The summed E-state index contributed by atoms with van der Waals surface area (Å²) in [5.41, 5.74) is 2.58. The van der Waals surface area contributed by atoms with Crippen molar-refractivity contribution in [2.24, 2.45) is 0 Å². The van der Waals surface area contributed by atoms with E-state index in [1.165, 1.54) is 12.1 Å². The van der Waals surface area contributed by atoms with Crippen LogP contribution in [0.15, 0.2) is 71.6 Å². The number of ether oxygens (including phenoxy) is 2. The van der Waals surface area contributed by atoms with Crippen molar-refractivity contribution in [2.75, 3.05) is 11.5 Å². The summed E-state index contributed by atoms with van der Waals surface area (Å²) in [6.45, 7) is 2.38. The van der Waals surface area contributed by atoms with Crippen LogP contribution in [0.2, 0.25) is 0 Å². The quantitative estimate of drug-likeness (QED) is 0.632. The van der Waals surface area contributed by atoms with Gasteiger partial charge in [0.2, 0.25) is 6.79 Å². The van der Waals surface area contributed by atoms with Gasteiger partial charge in [0, 0.05) is 17.8 Å². The van der Waals surface area contributed by atoms with Crippen LogP contribution in [0.5, 0.6) is 11.5 Å². The first kappa shape index (κ1) is 19.8. The molecule has 1 aliphatic heterocycles. The Labute approximate surface area is 174 Å². The van der Waals surface area contributed by atoms with Gasteiger partial charge in [0.25, 0.3) is 15.9 Å². The molecule has 1 heterocycles. The lowest BCUT2D eigenvalue weighted by Gasteiger charge is -2.10. The number of anilines is 1. The normalized spacial score (nSPS) is 12.4. The minimum Gasteiger partial charge on any atom is -0.454 e. The molecule has 0 atom stereocenters. The van der Waals surface area contributed by atoms with Crippen LogP contribution in [-0.2, 0) is 16.6 Å². The van der Waals surface area contributed by atoms with Crippen molar-refractivity contribution in [2.45, 2.75) is 18.4 Å². The zero-order valence-corrected chi connectivity index (χ0v) is 17.0. The van der Waals surface area contributed by atoms with Crippen LogP contribution in [0, 0.1) is 6.92 Å². The summed E-state index contributed by atoms with van der Waals surface area (Å²) >= 11 is 0. The molecule has 3 aromatic carbocycles. The predicted molar refractivity (Wildman–Crippen MR) is 112 cm³/mol. The van der Waals surface area contributed by atoms with E-state index in [4.69, 9.17) is 9.47 Å². The molecule has 0 spiro atoms. The number of aryl methyl sites for hydroxylation is 1. The second kappa shape index (κ2) is 8.08. The van der Waals surface area contributed by atoms with E-state index in [2.05, 4.69) is 10.0 Å². The molecule has 0 aromatic heterocycles. The number of carbonyl (C=O) groups excluding carboxylic acids is 1. The Morgan fingerprint density at radius 3 is 2.53 bits per heavy atom. The highest BCUT2D eigenvalue weighted by atomic mass is 32.2. The molecule has 0 saturated carbocycles. The Hall–Kier alpha value is -3.52. The summed E-state index contributed by atoms with van der Waals surface area (Å²) in [6.07, 6.45) is 0. The largest absolute Gasteiger partial charge is 0.454 e. The monoisotopic (exact) mass is 424 g/mol. The lowest BCUT2D eigenvalue weighted by Crippen LogP contribution is -2.23. The van der Waals surface area contributed by atoms with Crippen molar-refractivity contribution in [1.82, 2.24) is 5.32 Å². The van der Waals surface area contributed by atoms with E-state index >= 15 is 0 Å². The molecule has 0 fully saturated rings. The molecular weight excluding hydrogens is 404 g/mol. The molecular formula is C22H20N2O5S. The highest BCUT2D eigenvalue weighted by Gasteiger charge is 2.17. The smallest absolute Gasteiger partial charge is 0.261 e. The zero-order chi connectivity index (χ0) is 21.1. The van der Waals surface area contributed by atoms with Gasteiger partial charge in [-0.05, 0) is 55.0 Å². The number of sulfonamides is 1. The number of benzene rings is 3. The summed E-state index contributed by atoms with van der Waals surface area (Å²) in [6, 6.07) is 18.3. The first-order chi connectivity index (χ1) is 14.4. The van der Waals surface area contributed by atoms with Gasteiger partial charge in [-0.2, -0.15) is 0 Å². The van der Waals surface area contributed by atoms with Crippen LogP contribution in [0.25, 0.3) is 0 Å². The molecule has 1 amide bonds. The Morgan fingerprint density at radius 2 is 1.73 bits per heavy atom. The Balaban J connectivity index is 1.45. The third kappa shape index (κ3) is 4.38. The predicted octanol–water partition coefficient (Wildman–Crippen LogP) is 3.45. The highest BCUT2D eigenvalue weighted by Crippen LogP contribution is 2.32. The standard InChI is InChI=1S/C22H20N2O5S/c1-15-5-8-18(9-6-15)24-30(26,27)19-4-2-3-17(12-19)22(25)23-13-16-7-10-20-21(11-16)29-14-28-20/h2-12,24H,13-14H2,1H3,(H,23,25). The summed E-state index contributed by atoms with van der Waals surface area (Å²) in [5, 5.41) is 2.79. The molecule has 4 rings (SSSR count). The molecule has 3 aromatic rings. The van der Waals surface area contributed by atoms with E-state index in [0.29, 0.717) is 17.2 Å². The molecule has 0 unspecified atom stereocenters. The van der Waals surface area contributed by atoms with Crippen LogP contribution >= 0.6 is 0 Å². The van der Waals surface area contributed by atoms with E-state index in [9.17, 15) is 13.2 Å². The van der Waals surface area contributed by atoms with Gasteiger partial charge in [-0.15, -0.1) is 0 Å². The van der Waals surface area contributed by atoms with E-state index in [0.717, 1.165) is 11.1 Å². The van der Waals surface area contributed by atoms with Crippen molar-refractivity contribution < 1.29 is 22.7 Å². The maximum absolute atomic E-state index is 12.7. The zero-order valence-electron chi connectivity index (χ0n) is 16.2. The minimum absolute atomic E-state index is 0.0128. The Morgan fingerprint density at radius 1 is 0.967 bits per heavy atom. The number of fused-ring (bicyclic) bond motifs is 1. The van der Waals surface area contributed by atoms with Crippen molar-refractivity contribution >= 4 is 21.6 Å². The van der Waals surface area contributed by atoms with Crippen LogP contribution < -0.4 is 19.5 Å². The highest BCUT2D eigenvalue weighted by molar-refractivity contribution is 7.92. The molecule has 0 aliphatic carbocycles. The van der Waals surface area contributed by atoms with Gasteiger partial charge in [-0.25, -0.2) is 8.42 Å². The van der Waals surface area contributed by atoms with E-state index in [-0.39, 0.29) is 29.7 Å². The molecule has 0 saturated heterocycles.